The minimum absolute atomic E-state index is 0.0288. The second-order valence-corrected chi connectivity index (χ2v) is 11.1. The molecule has 186 valence electrons. The third-order valence-corrected chi connectivity index (χ3v) is 8.49. The van der Waals surface area contributed by atoms with Crippen molar-refractivity contribution in [2.24, 2.45) is 0 Å². The van der Waals surface area contributed by atoms with E-state index in [4.69, 9.17) is 11.6 Å². The number of hydrogen-bond donors (Lipinski definition) is 0. The average molecular weight is 592 g/mol. The molecule has 0 saturated carbocycles. The molecule has 1 heterocycles. The third kappa shape index (κ3) is 5.08. The van der Waals surface area contributed by atoms with Crippen LogP contribution in [0.3, 0.4) is 0 Å². The van der Waals surface area contributed by atoms with Gasteiger partial charge in [-0.05, 0) is 60.2 Å². The van der Waals surface area contributed by atoms with Gasteiger partial charge in [-0.3, -0.25) is 9.59 Å². The maximum absolute atomic E-state index is 13.7. The number of carbonyl (C=O) groups is 3. The van der Waals surface area contributed by atoms with Crippen molar-refractivity contribution in [2.75, 3.05) is 12.0 Å². The number of anilines is 1. The van der Waals surface area contributed by atoms with E-state index in [1.807, 2.05) is 0 Å². The molecule has 0 aromatic heterocycles. The number of amides is 2. The quantitative estimate of drug-likeness (QED) is 0.298. The Hall–Kier alpha value is -3.05. The van der Waals surface area contributed by atoms with Gasteiger partial charge in [-0.15, -0.1) is 0 Å². The Bertz CT molecular complexity index is 1430. The molecule has 11 heteroatoms. The van der Waals surface area contributed by atoms with Crippen LogP contribution in [0, 0.1) is 0 Å². The third-order valence-electron chi connectivity index (χ3n) is 5.72. The summed E-state index contributed by atoms with van der Waals surface area (Å²) in [5.41, 5.74) is 0.954. The molecule has 0 bridgehead atoms. The van der Waals surface area contributed by atoms with E-state index in [1.165, 1.54) is 43.5 Å². The van der Waals surface area contributed by atoms with Crippen molar-refractivity contribution in [2.45, 2.75) is 23.9 Å². The second-order valence-electron chi connectivity index (χ2n) is 7.92. The van der Waals surface area contributed by atoms with E-state index >= 15 is 0 Å². The number of hydrogen-bond acceptors (Lipinski definition) is 6. The topological polar surface area (TPSA) is 101 Å². The van der Waals surface area contributed by atoms with Gasteiger partial charge < -0.3 is 4.74 Å². The van der Waals surface area contributed by atoms with Crippen LogP contribution in [0.2, 0.25) is 5.02 Å². The molecule has 1 aliphatic heterocycles. The van der Waals surface area contributed by atoms with Gasteiger partial charge >= 0.3 is 5.97 Å². The van der Waals surface area contributed by atoms with Gasteiger partial charge in [0.1, 0.15) is 6.04 Å². The van der Waals surface area contributed by atoms with Gasteiger partial charge in [-0.2, -0.15) is 4.31 Å². The van der Waals surface area contributed by atoms with Crippen LogP contribution in [0.15, 0.2) is 82.2 Å². The van der Waals surface area contributed by atoms with Crippen molar-refractivity contribution in [3.05, 3.63) is 93.4 Å². The van der Waals surface area contributed by atoms with Crippen molar-refractivity contribution in [3.63, 3.8) is 0 Å². The highest BCUT2D eigenvalue weighted by atomic mass is 79.9. The van der Waals surface area contributed by atoms with Crippen molar-refractivity contribution in [3.8, 4) is 0 Å². The van der Waals surface area contributed by atoms with Gasteiger partial charge in [0.05, 0.1) is 29.7 Å². The summed E-state index contributed by atoms with van der Waals surface area (Å²) in [5.74, 6) is -1.82. The summed E-state index contributed by atoms with van der Waals surface area (Å²) >= 11 is 9.59. The van der Waals surface area contributed by atoms with Gasteiger partial charge in [0.15, 0.2) is 0 Å². The van der Waals surface area contributed by atoms with Gasteiger partial charge in [0.2, 0.25) is 15.9 Å². The lowest BCUT2D eigenvalue weighted by atomic mass is 10.2. The summed E-state index contributed by atoms with van der Waals surface area (Å²) in [4.78, 5) is 39.1. The zero-order valence-corrected chi connectivity index (χ0v) is 22.1. The van der Waals surface area contributed by atoms with Crippen LogP contribution in [0.1, 0.15) is 22.3 Å². The van der Waals surface area contributed by atoms with Gasteiger partial charge in [-0.1, -0.05) is 45.7 Å². The summed E-state index contributed by atoms with van der Waals surface area (Å²) < 4.78 is 33.8. The highest BCUT2D eigenvalue weighted by molar-refractivity contribution is 9.10. The first-order chi connectivity index (χ1) is 17.1. The van der Waals surface area contributed by atoms with Crippen molar-refractivity contribution >= 4 is 61.0 Å². The van der Waals surface area contributed by atoms with Crippen LogP contribution in [0.4, 0.5) is 5.69 Å². The molecule has 0 aliphatic carbocycles. The molecule has 3 aromatic carbocycles. The normalized spacial score (nSPS) is 16.0. The molecule has 8 nitrogen and oxygen atoms in total. The van der Waals surface area contributed by atoms with E-state index in [0.29, 0.717) is 15.1 Å². The van der Waals surface area contributed by atoms with Crippen molar-refractivity contribution < 1.29 is 27.5 Å². The maximum atomic E-state index is 13.7. The highest BCUT2D eigenvalue weighted by Crippen LogP contribution is 2.32. The summed E-state index contributed by atoms with van der Waals surface area (Å²) in [6, 6.07) is 17.1. The number of rotatable bonds is 7. The number of halogens is 2. The number of benzene rings is 3. The Morgan fingerprint density at radius 2 is 1.69 bits per heavy atom. The molecule has 0 N–H and O–H groups in total. The standard InChI is InChI=1S/C25H20BrClN2O6S/c1-35-25(32)16-6-10-19(11-7-16)29-23(30)14-22(24(29)31)28(15-17-4-2-3-5-21(17)27)36(33,34)20-12-8-18(26)9-13-20/h2-13,22H,14-15H2,1H3. The number of carbonyl (C=O) groups excluding carboxylic acids is 3. The predicted molar refractivity (Wildman–Crippen MR) is 137 cm³/mol. The molecule has 1 atom stereocenters. The molecule has 1 saturated heterocycles. The fraction of sp³-hybridized carbons (Fsp3) is 0.160. The Morgan fingerprint density at radius 1 is 1.06 bits per heavy atom. The molecule has 1 fully saturated rings. The first kappa shape index (κ1) is 26.0. The molecule has 2 amide bonds. The van der Waals surface area contributed by atoms with Crippen LogP contribution in [-0.2, 0) is 30.9 Å². The number of esters is 1. The largest absolute Gasteiger partial charge is 0.465 e. The van der Waals surface area contributed by atoms with Crippen LogP contribution in [-0.4, -0.2) is 43.7 Å². The monoisotopic (exact) mass is 590 g/mol. The van der Waals surface area contributed by atoms with Gasteiger partial charge in [-0.25, -0.2) is 18.1 Å². The van der Waals surface area contributed by atoms with E-state index in [0.717, 1.165) is 9.21 Å². The fourth-order valence-corrected chi connectivity index (χ4v) is 5.90. The smallest absolute Gasteiger partial charge is 0.337 e. The number of methoxy groups -OCH3 is 1. The van der Waals surface area contributed by atoms with E-state index in [1.54, 1.807) is 36.4 Å². The van der Waals surface area contributed by atoms with E-state index in [-0.39, 0.29) is 29.1 Å². The molecule has 1 unspecified atom stereocenters. The van der Waals surface area contributed by atoms with Gasteiger partial charge in [0, 0.05) is 16.0 Å². The molecule has 0 radical (unpaired) electrons. The number of imide groups is 1. The van der Waals surface area contributed by atoms with Crippen molar-refractivity contribution in [1.82, 2.24) is 4.31 Å². The first-order valence-corrected chi connectivity index (χ1v) is 13.3. The Labute approximate surface area is 221 Å². The average Bonchev–Trinajstić information content (AvgIpc) is 3.16. The molecule has 4 rings (SSSR count). The summed E-state index contributed by atoms with van der Waals surface area (Å²) in [7, 11) is -2.96. The minimum Gasteiger partial charge on any atom is -0.465 e. The minimum atomic E-state index is -4.21. The number of nitrogens with zero attached hydrogens (tertiary/aromatic N) is 2. The lowest BCUT2D eigenvalue weighted by molar-refractivity contribution is -0.122. The molecule has 36 heavy (non-hydrogen) atoms. The molecular weight excluding hydrogens is 572 g/mol. The summed E-state index contributed by atoms with van der Waals surface area (Å²) in [6.07, 6.45) is -0.349. The lowest BCUT2D eigenvalue weighted by Crippen LogP contribution is -2.45. The maximum Gasteiger partial charge on any atom is 0.337 e. The Balaban J connectivity index is 1.73. The fourth-order valence-electron chi connectivity index (χ4n) is 3.88. The first-order valence-electron chi connectivity index (χ1n) is 10.7. The molecule has 1 aliphatic rings. The van der Waals surface area contributed by atoms with Crippen LogP contribution >= 0.6 is 27.5 Å². The Kier molecular flexibility index (Phi) is 7.60. The van der Waals surface area contributed by atoms with Crippen LogP contribution in [0.25, 0.3) is 0 Å². The van der Waals surface area contributed by atoms with E-state index in [2.05, 4.69) is 20.7 Å². The van der Waals surface area contributed by atoms with Crippen LogP contribution < -0.4 is 4.90 Å². The highest BCUT2D eigenvalue weighted by Gasteiger charge is 2.47. The van der Waals surface area contributed by atoms with Crippen LogP contribution in [0.5, 0.6) is 0 Å². The molecular formula is C25H20BrClN2O6S. The van der Waals surface area contributed by atoms with Gasteiger partial charge in [0.25, 0.3) is 5.91 Å². The SMILES string of the molecule is COC(=O)c1ccc(N2C(=O)CC(N(Cc3ccccc3Cl)S(=O)(=O)c3ccc(Br)cc3)C2=O)cc1. The van der Waals surface area contributed by atoms with E-state index < -0.39 is 33.8 Å². The summed E-state index contributed by atoms with van der Waals surface area (Å²) in [5, 5.41) is 0.334. The molecule has 3 aromatic rings. The summed E-state index contributed by atoms with van der Waals surface area (Å²) in [6.45, 7) is -0.211. The van der Waals surface area contributed by atoms with Crippen molar-refractivity contribution in [1.29, 1.82) is 0 Å². The predicted octanol–water partition coefficient (Wildman–Crippen LogP) is 4.41. The molecule has 0 spiro atoms. The number of ether oxygens (including phenoxy) is 1. The number of sulfonamides is 1. The van der Waals surface area contributed by atoms with E-state index in [9.17, 15) is 22.8 Å². The Morgan fingerprint density at radius 3 is 2.31 bits per heavy atom. The lowest BCUT2D eigenvalue weighted by Gasteiger charge is -2.27. The zero-order chi connectivity index (χ0) is 26.0. The second kappa shape index (κ2) is 10.5. The zero-order valence-electron chi connectivity index (χ0n) is 18.9.